The number of ether oxygens (including phenoxy) is 4. The van der Waals surface area contributed by atoms with E-state index < -0.39 is 5.97 Å². The van der Waals surface area contributed by atoms with Crippen LogP contribution < -0.4 is 9.47 Å². The Labute approximate surface area is 158 Å². The van der Waals surface area contributed by atoms with Crippen molar-refractivity contribution in [2.45, 2.75) is 12.6 Å². The highest BCUT2D eigenvalue weighted by molar-refractivity contribution is 5.80. The minimum Gasteiger partial charge on any atom is -0.493 e. The molecule has 2 fully saturated rings. The molecule has 0 radical (unpaired) electrons. The summed E-state index contributed by atoms with van der Waals surface area (Å²) in [6, 6.07) is 5.69. The highest BCUT2D eigenvalue weighted by Crippen LogP contribution is 2.29. The second-order valence-electron chi connectivity index (χ2n) is 6.88. The van der Waals surface area contributed by atoms with Crippen molar-refractivity contribution >= 4 is 11.9 Å². The van der Waals surface area contributed by atoms with E-state index in [1.165, 1.54) is 7.11 Å². The van der Waals surface area contributed by atoms with E-state index in [-0.39, 0.29) is 24.5 Å². The highest BCUT2D eigenvalue weighted by atomic mass is 16.6. The molecule has 0 spiro atoms. The summed E-state index contributed by atoms with van der Waals surface area (Å²) >= 11 is 0. The first kappa shape index (κ1) is 19.4. The van der Waals surface area contributed by atoms with E-state index >= 15 is 0 Å². The van der Waals surface area contributed by atoms with Gasteiger partial charge in [-0.1, -0.05) is 6.07 Å². The van der Waals surface area contributed by atoms with Gasteiger partial charge in [-0.2, -0.15) is 0 Å². The molecule has 27 heavy (non-hydrogen) atoms. The van der Waals surface area contributed by atoms with E-state index in [2.05, 4.69) is 9.64 Å². The second-order valence-corrected chi connectivity index (χ2v) is 6.88. The molecule has 1 amide bonds. The SMILES string of the molecule is COC(=O)COc1ccc(CN2C[C@@H]3COC[C@H](C2)N(C)C3=O)cc1OC. The summed E-state index contributed by atoms with van der Waals surface area (Å²) in [5.74, 6) is 0.620. The van der Waals surface area contributed by atoms with Crippen LogP contribution in [0, 0.1) is 5.92 Å². The van der Waals surface area contributed by atoms with Crippen LogP contribution >= 0.6 is 0 Å². The number of nitrogens with zero attached hydrogens (tertiary/aromatic N) is 2. The van der Waals surface area contributed by atoms with E-state index in [4.69, 9.17) is 14.2 Å². The molecule has 2 aliphatic rings. The van der Waals surface area contributed by atoms with E-state index in [9.17, 15) is 9.59 Å². The summed E-state index contributed by atoms with van der Waals surface area (Å²) in [5.41, 5.74) is 1.05. The number of hydrogen-bond acceptors (Lipinski definition) is 7. The summed E-state index contributed by atoms with van der Waals surface area (Å²) < 4.78 is 21.1. The molecule has 2 bridgehead atoms. The molecule has 2 atom stereocenters. The summed E-state index contributed by atoms with van der Waals surface area (Å²) in [4.78, 5) is 27.8. The Bertz CT molecular complexity index is 695. The lowest BCUT2D eigenvalue weighted by Crippen LogP contribution is -2.42. The number of carbonyl (C=O) groups is 2. The Morgan fingerprint density at radius 3 is 2.78 bits per heavy atom. The Hall–Kier alpha value is -2.32. The largest absolute Gasteiger partial charge is 0.493 e. The fourth-order valence-electron chi connectivity index (χ4n) is 3.50. The first-order chi connectivity index (χ1) is 13.0. The second kappa shape index (κ2) is 8.58. The molecule has 0 unspecified atom stereocenters. The van der Waals surface area contributed by atoms with Crippen LogP contribution in [0.1, 0.15) is 5.56 Å². The maximum atomic E-state index is 12.5. The van der Waals surface area contributed by atoms with Gasteiger partial charge in [0.15, 0.2) is 18.1 Å². The average molecular weight is 378 g/mol. The first-order valence-electron chi connectivity index (χ1n) is 8.95. The molecule has 1 aromatic carbocycles. The summed E-state index contributed by atoms with van der Waals surface area (Å²) in [6.45, 7) is 3.00. The molecule has 8 nitrogen and oxygen atoms in total. The van der Waals surface area contributed by atoms with E-state index in [0.29, 0.717) is 37.8 Å². The van der Waals surface area contributed by atoms with Gasteiger partial charge in [0.2, 0.25) is 5.91 Å². The topological polar surface area (TPSA) is 77.5 Å². The number of carbonyl (C=O) groups excluding carboxylic acids is 2. The number of hydrogen-bond donors (Lipinski definition) is 0. The van der Waals surface area contributed by atoms with Gasteiger partial charge in [0.1, 0.15) is 0 Å². The zero-order valence-electron chi connectivity index (χ0n) is 16.0. The fourth-order valence-corrected chi connectivity index (χ4v) is 3.50. The number of likely N-dealkylation sites (N-methyl/N-ethyl adjacent to an activating group) is 1. The van der Waals surface area contributed by atoms with Gasteiger partial charge < -0.3 is 23.8 Å². The van der Waals surface area contributed by atoms with Crippen LogP contribution in [0.4, 0.5) is 0 Å². The van der Waals surface area contributed by atoms with Crippen LogP contribution in [-0.2, 0) is 25.6 Å². The molecule has 0 aliphatic carbocycles. The Morgan fingerprint density at radius 2 is 2.04 bits per heavy atom. The summed E-state index contributed by atoms with van der Waals surface area (Å²) in [6.07, 6.45) is 0. The average Bonchev–Trinajstić information content (AvgIpc) is 2.85. The standard InChI is InChI=1S/C19H26N2O6/c1-20-15-9-21(8-14(19(20)23)10-26-11-15)7-13-4-5-16(17(6-13)24-2)27-12-18(22)25-3/h4-6,14-15H,7-12H2,1-3H3/t14-,15+/m1/s1. The van der Waals surface area contributed by atoms with Crippen molar-refractivity contribution in [3.05, 3.63) is 23.8 Å². The van der Waals surface area contributed by atoms with Gasteiger partial charge in [0.25, 0.3) is 0 Å². The lowest BCUT2D eigenvalue weighted by Gasteiger charge is -2.29. The van der Waals surface area contributed by atoms with Gasteiger partial charge in [-0.25, -0.2) is 4.79 Å². The molecule has 2 saturated heterocycles. The van der Waals surface area contributed by atoms with Gasteiger partial charge in [-0.05, 0) is 17.7 Å². The van der Waals surface area contributed by atoms with E-state index in [1.54, 1.807) is 13.2 Å². The molecule has 2 heterocycles. The van der Waals surface area contributed by atoms with Crippen molar-refractivity contribution in [3.8, 4) is 11.5 Å². The van der Waals surface area contributed by atoms with E-state index in [0.717, 1.165) is 12.1 Å². The van der Waals surface area contributed by atoms with Crippen molar-refractivity contribution in [3.63, 3.8) is 0 Å². The zero-order valence-corrected chi connectivity index (χ0v) is 16.0. The Balaban J connectivity index is 1.70. The maximum Gasteiger partial charge on any atom is 0.343 e. The molecule has 0 N–H and O–H groups in total. The number of benzene rings is 1. The summed E-state index contributed by atoms with van der Waals surface area (Å²) in [5, 5.41) is 0. The van der Waals surface area contributed by atoms with Gasteiger partial charge in [-0.3, -0.25) is 9.69 Å². The molecular weight excluding hydrogens is 352 g/mol. The minimum atomic E-state index is -0.451. The third-order valence-electron chi connectivity index (χ3n) is 5.03. The number of fused-ring (bicyclic) bond motifs is 3. The van der Waals surface area contributed by atoms with Crippen LogP contribution in [0.2, 0.25) is 0 Å². The van der Waals surface area contributed by atoms with Gasteiger partial charge >= 0.3 is 5.97 Å². The van der Waals surface area contributed by atoms with Gasteiger partial charge in [0.05, 0.1) is 39.4 Å². The minimum absolute atomic E-state index is 0.0644. The zero-order chi connectivity index (χ0) is 19.4. The Kier molecular flexibility index (Phi) is 6.18. The quantitative estimate of drug-likeness (QED) is 0.669. The van der Waals surface area contributed by atoms with Crippen molar-refractivity contribution in [2.75, 3.05) is 54.2 Å². The number of methoxy groups -OCH3 is 2. The number of amides is 1. The lowest BCUT2D eigenvalue weighted by atomic mass is 10.1. The van der Waals surface area contributed by atoms with Crippen molar-refractivity contribution in [1.29, 1.82) is 0 Å². The molecule has 148 valence electrons. The third kappa shape index (κ3) is 4.51. The van der Waals surface area contributed by atoms with E-state index in [1.807, 2.05) is 24.1 Å². The van der Waals surface area contributed by atoms with Crippen LogP contribution in [0.3, 0.4) is 0 Å². The van der Waals surface area contributed by atoms with Gasteiger partial charge in [-0.15, -0.1) is 0 Å². The normalized spacial score (nSPS) is 22.9. The molecule has 2 aliphatic heterocycles. The van der Waals surface area contributed by atoms with Crippen LogP contribution in [0.15, 0.2) is 18.2 Å². The van der Waals surface area contributed by atoms with Crippen LogP contribution in [0.25, 0.3) is 0 Å². The molecule has 0 aromatic heterocycles. The maximum absolute atomic E-state index is 12.5. The van der Waals surface area contributed by atoms with Crippen LogP contribution in [-0.4, -0.2) is 81.9 Å². The molecular formula is C19H26N2O6. The van der Waals surface area contributed by atoms with Gasteiger partial charge in [0, 0.05) is 26.7 Å². The van der Waals surface area contributed by atoms with Crippen molar-refractivity contribution in [2.24, 2.45) is 5.92 Å². The predicted molar refractivity (Wildman–Crippen MR) is 96.6 cm³/mol. The Morgan fingerprint density at radius 1 is 1.22 bits per heavy atom. The number of esters is 1. The highest BCUT2D eigenvalue weighted by Gasteiger charge is 2.37. The first-order valence-corrected chi connectivity index (χ1v) is 8.95. The van der Waals surface area contributed by atoms with Crippen molar-refractivity contribution in [1.82, 2.24) is 9.80 Å². The molecule has 0 saturated carbocycles. The summed E-state index contributed by atoms with van der Waals surface area (Å²) in [7, 11) is 4.73. The fraction of sp³-hybridized carbons (Fsp3) is 0.579. The van der Waals surface area contributed by atoms with Crippen LogP contribution in [0.5, 0.6) is 11.5 Å². The predicted octanol–water partition coefficient (Wildman–Crippen LogP) is 0.536. The molecule has 8 heteroatoms. The smallest absolute Gasteiger partial charge is 0.343 e. The van der Waals surface area contributed by atoms with Crippen molar-refractivity contribution < 1.29 is 28.5 Å². The molecule has 1 aromatic rings. The number of rotatable bonds is 6. The third-order valence-corrected chi connectivity index (χ3v) is 5.03. The molecule has 3 rings (SSSR count). The lowest BCUT2D eigenvalue weighted by molar-refractivity contribution is -0.143. The monoisotopic (exact) mass is 378 g/mol.